The van der Waals surface area contributed by atoms with Crippen LogP contribution in [0.15, 0.2) is 23.4 Å². The first kappa shape index (κ1) is 17.5. The summed E-state index contributed by atoms with van der Waals surface area (Å²) >= 11 is 0. The summed E-state index contributed by atoms with van der Waals surface area (Å²) in [6, 6.07) is 0. The van der Waals surface area contributed by atoms with Gasteiger partial charge in [0.25, 0.3) is 5.56 Å². The highest BCUT2D eigenvalue weighted by atomic mass is 19.4. The average molecular weight is 355 g/mol. The summed E-state index contributed by atoms with van der Waals surface area (Å²) in [5.74, 6) is 0.957. The fourth-order valence-corrected chi connectivity index (χ4v) is 3.22. The van der Waals surface area contributed by atoms with Crippen LogP contribution in [0, 0.1) is 5.92 Å². The van der Waals surface area contributed by atoms with E-state index in [0.29, 0.717) is 37.7 Å². The standard InChI is InChI=1S/C16H20F3N5O/c1-3-23-7-6-20-14(15(23)25)22(2)8-11-4-5-13-21-12(16(17,18)19)10-24(13)9-11/h6-7,10-11H,3-5,8-9H2,1-2H3/t11-/m0/s1. The van der Waals surface area contributed by atoms with E-state index in [1.54, 1.807) is 33.5 Å². The summed E-state index contributed by atoms with van der Waals surface area (Å²) in [6.07, 6.45) is 1.10. The predicted octanol–water partition coefficient (Wildman–Crippen LogP) is 2.18. The molecule has 2 aromatic heterocycles. The number of rotatable bonds is 4. The van der Waals surface area contributed by atoms with Crippen LogP contribution in [0.4, 0.5) is 19.0 Å². The highest BCUT2D eigenvalue weighted by Crippen LogP contribution is 2.30. The Bertz CT molecular complexity index is 811. The molecule has 0 saturated heterocycles. The summed E-state index contributed by atoms with van der Waals surface area (Å²) < 4.78 is 41.5. The van der Waals surface area contributed by atoms with Crippen molar-refractivity contribution in [2.45, 2.75) is 39.0 Å². The molecule has 25 heavy (non-hydrogen) atoms. The number of nitrogens with zero attached hydrogens (tertiary/aromatic N) is 5. The van der Waals surface area contributed by atoms with Crippen LogP contribution in [0.25, 0.3) is 0 Å². The molecule has 136 valence electrons. The number of anilines is 1. The van der Waals surface area contributed by atoms with Crippen molar-refractivity contribution in [3.05, 3.63) is 40.5 Å². The predicted molar refractivity (Wildman–Crippen MR) is 86.5 cm³/mol. The van der Waals surface area contributed by atoms with Gasteiger partial charge in [0.05, 0.1) is 0 Å². The van der Waals surface area contributed by atoms with Gasteiger partial charge in [0.2, 0.25) is 0 Å². The number of fused-ring (bicyclic) bond motifs is 1. The van der Waals surface area contributed by atoms with Crippen molar-refractivity contribution in [2.24, 2.45) is 5.92 Å². The number of hydrogen-bond acceptors (Lipinski definition) is 4. The van der Waals surface area contributed by atoms with Crippen molar-refractivity contribution < 1.29 is 13.2 Å². The third kappa shape index (κ3) is 3.54. The van der Waals surface area contributed by atoms with Crippen LogP contribution in [0.5, 0.6) is 0 Å². The van der Waals surface area contributed by atoms with Crippen LogP contribution < -0.4 is 10.5 Å². The Morgan fingerprint density at radius 3 is 2.84 bits per heavy atom. The zero-order chi connectivity index (χ0) is 18.2. The van der Waals surface area contributed by atoms with Crippen LogP contribution >= 0.6 is 0 Å². The molecule has 3 rings (SSSR count). The van der Waals surface area contributed by atoms with Gasteiger partial charge in [0, 0.05) is 51.7 Å². The van der Waals surface area contributed by atoms with E-state index in [1.165, 1.54) is 0 Å². The van der Waals surface area contributed by atoms with Gasteiger partial charge in [-0.1, -0.05) is 0 Å². The zero-order valence-electron chi connectivity index (χ0n) is 14.1. The molecule has 0 bridgehead atoms. The topological polar surface area (TPSA) is 56.0 Å². The van der Waals surface area contributed by atoms with Crippen LogP contribution in [-0.4, -0.2) is 32.7 Å². The van der Waals surface area contributed by atoms with Gasteiger partial charge in [-0.2, -0.15) is 13.2 Å². The maximum atomic E-state index is 12.8. The maximum absolute atomic E-state index is 12.8. The van der Waals surface area contributed by atoms with Crippen LogP contribution in [0.3, 0.4) is 0 Å². The number of imidazole rings is 1. The minimum absolute atomic E-state index is 0.129. The molecule has 0 radical (unpaired) electrons. The summed E-state index contributed by atoms with van der Waals surface area (Å²) in [6.45, 7) is 3.45. The SMILES string of the molecule is CCn1ccnc(N(C)C[C@@H]2CCc3nc(C(F)(F)F)cn3C2)c1=O. The Labute approximate surface area is 142 Å². The van der Waals surface area contributed by atoms with Crippen LogP contribution in [-0.2, 0) is 25.7 Å². The van der Waals surface area contributed by atoms with Crippen LogP contribution in [0.1, 0.15) is 24.9 Å². The molecule has 2 aromatic rings. The molecule has 0 unspecified atom stereocenters. The zero-order valence-corrected chi connectivity index (χ0v) is 14.1. The molecule has 0 amide bonds. The molecule has 0 aliphatic carbocycles. The van der Waals surface area contributed by atoms with Crippen molar-refractivity contribution in [3.63, 3.8) is 0 Å². The minimum Gasteiger partial charge on any atom is -0.355 e. The van der Waals surface area contributed by atoms with Gasteiger partial charge in [-0.25, -0.2) is 9.97 Å². The molecule has 0 fully saturated rings. The number of aryl methyl sites for hydroxylation is 2. The molecular weight excluding hydrogens is 335 g/mol. The molecule has 0 saturated carbocycles. The molecule has 0 aromatic carbocycles. The first-order chi connectivity index (χ1) is 11.8. The lowest BCUT2D eigenvalue weighted by Gasteiger charge is -2.28. The van der Waals surface area contributed by atoms with E-state index in [2.05, 4.69) is 9.97 Å². The molecule has 1 aliphatic heterocycles. The molecule has 0 spiro atoms. The average Bonchev–Trinajstić information content (AvgIpc) is 2.98. The Balaban J connectivity index is 1.73. The first-order valence-corrected chi connectivity index (χ1v) is 8.19. The highest BCUT2D eigenvalue weighted by Gasteiger charge is 2.35. The van der Waals surface area contributed by atoms with Crippen molar-refractivity contribution in [1.29, 1.82) is 0 Å². The van der Waals surface area contributed by atoms with Crippen molar-refractivity contribution in [1.82, 2.24) is 19.1 Å². The lowest BCUT2D eigenvalue weighted by molar-refractivity contribution is -0.141. The number of aromatic nitrogens is 4. The van der Waals surface area contributed by atoms with Gasteiger partial charge in [0.15, 0.2) is 11.5 Å². The lowest BCUT2D eigenvalue weighted by Crippen LogP contribution is -2.36. The molecule has 1 aliphatic rings. The van der Waals surface area contributed by atoms with E-state index < -0.39 is 11.9 Å². The second kappa shape index (κ2) is 6.53. The second-order valence-electron chi connectivity index (χ2n) is 6.32. The summed E-state index contributed by atoms with van der Waals surface area (Å²) in [5, 5.41) is 0. The second-order valence-corrected chi connectivity index (χ2v) is 6.32. The van der Waals surface area contributed by atoms with E-state index in [0.717, 1.165) is 12.6 Å². The maximum Gasteiger partial charge on any atom is 0.434 e. The highest BCUT2D eigenvalue weighted by molar-refractivity contribution is 5.34. The Hall–Kier alpha value is -2.32. The summed E-state index contributed by atoms with van der Waals surface area (Å²) in [7, 11) is 1.79. The largest absolute Gasteiger partial charge is 0.434 e. The third-order valence-corrected chi connectivity index (χ3v) is 4.51. The fourth-order valence-electron chi connectivity index (χ4n) is 3.22. The molecule has 3 heterocycles. The normalized spacial score (nSPS) is 17.4. The Kier molecular flexibility index (Phi) is 4.57. The number of alkyl halides is 3. The Morgan fingerprint density at radius 2 is 2.16 bits per heavy atom. The van der Waals surface area contributed by atoms with E-state index in [9.17, 15) is 18.0 Å². The van der Waals surface area contributed by atoms with E-state index >= 15 is 0 Å². The van der Waals surface area contributed by atoms with Gasteiger partial charge >= 0.3 is 6.18 Å². The summed E-state index contributed by atoms with van der Waals surface area (Å²) in [4.78, 5) is 21.9. The van der Waals surface area contributed by atoms with Gasteiger partial charge < -0.3 is 14.0 Å². The van der Waals surface area contributed by atoms with E-state index in [1.807, 2.05) is 6.92 Å². The minimum atomic E-state index is -4.42. The van der Waals surface area contributed by atoms with Crippen molar-refractivity contribution in [2.75, 3.05) is 18.5 Å². The van der Waals surface area contributed by atoms with Gasteiger partial charge in [-0.3, -0.25) is 4.79 Å². The molecule has 6 nitrogen and oxygen atoms in total. The summed E-state index contributed by atoms with van der Waals surface area (Å²) in [5.41, 5.74) is -1.00. The Morgan fingerprint density at radius 1 is 1.40 bits per heavy atom. The molecule has 0 N–H and O–H groups in total. The smallest absolute Gasteiger partial charge is 0.355 e. The lowest BCUT2D eigenvalue weighted by atomic mass is 9.99. The van der Waals surface area contributed by atoms with Gasteiger partial charge in [-0.15, -0.1) is 0 Å². The monoisotopic (exact) mass is 355 g/mol. The van der Waals surface area contributed by atoms with E-state index in [-0.39, 0.29) is 11.5 Å². The third-order valence-electron chi connectivity index (χ3n) is 4.51. The van der Waals surface area contributed by atoms with Gasteiger partial charge in [-0.05, 0) is 19.3 Å². The van der Waals surface area contributed by atoms with Gasteiger partial charge in [0.1, 0.15) is 5.82 Å². The quantitative estimate of drug-likeness (QED) is 0.844. The van der Waals surface area contributed by atoms with E-state index in [4.69, 9.17) is 0 Å². The number of halogens is 3. The van der Waals surface area contributed by atoms with Crippen molar-refractivity contribution in [3.8, 4) is 0 Å². The number of hydrogen-bond donors (Lipinski definition) is 0. The van der Waals surface area contributed by atoms with Crippen LogP contribution in [0.2, 0.25) is 0 Å². The first-order valence-electron chi connectivity index (χ1n) is 8.19. The molecular formula is C16H20F3N5O. The molecule has 9 heteroatoms. The molecule has 1 atom stereocenters. The fraction of sp³-hybridized carbons (Fsp3) is 0.562. The van der Waals surface area contributed by atoms with Crippen molar-refractivity contribution >= 4 is 5.82 Å².